The van der Waals surface area contributed by atoms with E-state index >= 15 is 0 Å². The van der Waals surface area contributed by atoms with Crippen molar-refractivity contribution in [2.45, 2.75) is 19.9 Å². The molecule has 2 amide bonds. The van der Waals surface area contributed by atoms with E-state index in [4.69, 9.17) is 4.74 Å². The second-order valence-electron chi connectivity index (χ2n) is 5.02. The summed E-state index contributed by atoms with van der Waals surface area (Å²) in [6.07, 6.45) is 0.862. The van der Waals surface area contributed by atoms with E-state index in [9.17, 15) is 9.59 Å². The van der Waals surface area contributed by atoms with Crippen molar-refractivity contribution in [3.8, 4) is 5.75 Å². The maximum absolute atomic E-state index is 12.2. The Morgan fingerprint density at radius 1 is 1.19 bits per heavy atom. The summed E-state index contributed by atoms with van der Waals surface area (Å²) in [5.74, 6) is 0.727. The molecule has 1 saturated heterocycles. The van der Waals surface area contributed by atoms with Gasteiger partial charge in [-0.15, -0.1) is 0 Å². The molecule has 0 aromatic heterocycles. The Balaban J connectivity index is 2.10. The van der Waals surface area contributed by atoms with Gasteiger partial charge in [0.05, 0.1) is 13.7 Å². The van der Waals surface area contributed by atoms with Crippen molar-refractivity contribution in [2.24, 2.45) is 0 Å². The van der Waals surface area contributed by atoms with Crippen molar-refractivity contribution in [3.63, 3.8) is 0 Å². The number of methoxy groups -OCH3 is 1. The molecule has 0 aliphatic carbocycles. The van der Waals surface area contributed by atoms with Gasteiger partial charge in [-0.25, -0.2) is 0 Å². The first-order valence-electron chi connectivity index (χ1n) is 6.93. The van der Waals surface area contributed by atoms with Gasteiger partial charge in [-0.05, 0) is 30.2 Å². The molecule has 21 heavy (non-hydrogen) atoms. The highest BCUT2D eigenvalue weighted by atomic mass is 79.9. The van der Waals surface area contributed by atoms with Crippen molar-refractivity contribution in [1.29, 1.82) is 0 Å². The van der Waals surface area contributed by atoms with E-state index in [-0.39, 0.29) is 24.9 Å². The van der Waals surface area contributed by atoms with Crippen molar-refractivity contribution in [2.75, 3.05) is 26.7 Å². The zero-order chi connectivity index (χ0) is 15.4. The predicted octanol–water partition coefficient (Wildman–Crippen LogP) is 2.04. The molecular formula is C15H19BrN2O3. The number of ether oxygens (including phenoxy) is 1. The Bertz CT molecular complexity index is 548. The highest BCUT2D eigenvalue weighted by Crippen LogP contribution is 2.24. The zero-order valence-electron chi connectivity index (χ0n) is 12.3. The number of carbonyl (C=O) groups excluding carboxylic acids is 2. The Kier molecular flexibility index (Phi) is 5.22. The minimum atomic E-state index is -0.0160. The van der Waals surface area contributed by atoms with Gasteiger partial charge in [-0.2, -0.15) is 0 Å². The number of halogens is 1. The highest BCUT2D eigenvalue weighted by Gasteiger charge is 2.29. The molecule has 1 aromatic carbocycles. The maximum atomic E-state index is 12.2. The largest absolute Gasteiger partial charge is 0.497 e. The molecule has 5 nitrogen and oxygen atoms in total. The summed E-state index contributed by atoms with van der Waals surface area (Å²) in [6, 6.07) is 5.60. The average molecular weight is 355 g/mol. The lowest BCUT2D eigenvalue weighted by Gasteiger charge is -2.34. The summed E-state index contributed by atoms with van der Waals surface area (Å²) in [5.41, 5.74) is 0.930. The van der Waals surface area contributed by atoms with Crippen LogP contribution in [0.15, 0.2) is 22.7 Å². The van der Waals surface area contributed by atoms with Gasteiger partial charge in [0.15, 0.2) is 0 Å². The number of benzene rings is 1. The van der Waals surface area contributed by atoms with Gasteiger partial charge in [0.1, 0.15) is 12.3 Å². The molecule has 0 N–H and O–H groups in total. The smallest absolute Gasteiger partial charge is 0.242 e. The Labute approximate surface area is 133 Å². The molecule has 1 aliphatic heterocycles. The van der Waals surface area contributed by atoms with E-state index in [2.05, 4.69) is 15.9 Å². The molecule has 1 heterocycles. The van der Waals surface area contributed by atoms with Gasteiger partial charge < -0.3 is 14.5 Å². The van der Waals surface area contributed by atoms with Crippen LogP contribution in [0.4, 0.5) is 0 Å². The van der Waals surface area contributed by atoms with Crippen LogP contribution in [-0.4, -0.2) is 48.4 Å². The standard InChI is InChI=1S/C15H19BrN2O3/c1-3-6-17-9-15(20)18(10-14(17)19)8-11-7-12(21-2)4-5-13(11)16/h4-5,7H,3,6,8-10H2,1-2H3. The molecular weight excluding hydrogens is 336 g/mol. The molecule has 0 bridgehead atoms. The third-order valence-corrected chi connectivity index (χ3v) is 4.24. The van der Waals surface area contributed by atoms with Crippen LogP contribution in [0.25, 0.3) is 0 Å². The molecule has 0 spiro atoms. The molecule has 6 heteroatoms. The third kappa shape index (κ3) is 3.75. The van der Waals surface area contributed by atoms with E-state index < -0.39 is 0 Å². The normalized spacial score (nSPS) is 15.6. The van der Waals surface area contributed by atoms with Gasteiger partial charge in [0.25, 0.3) is 0 Å². The number of hydrogen-bond acceptors (Lipinski definition) is 3. The molecule has 1 fully saturated rings. The molecule has 1 aliphatic rings. The summed E-state index contributed by atoms with van der Waals surface area (Å²) in [7, 11) is 1.60. The lowest BCUT2D eigenvalue weighted by atomic mass is 10.1. The number of hydrogen-bond donors (Lipinski definition) is 0. The topological polar surface area (TPSA) is 49.9 Å². The number of amides is 2. The van der Waals surface area contributed by atoms with Crippen molar-refractivity contribution in [3.05, 3.63) is 28.2 Å². The second kappa shape index (κ2) is 6.93. The third-order valence-electron chi connectivity index (χ3n) is 3.47. The number of rotatable bonds is 5. The van der Waals surface area contributed by atoms with E-state index in [1.54, 1.807) is 16.9 Å². The molecule has 2 rings (SSSR count). The first-order valence-corrected chi connectivity index (χ1v) is 7.72. The van der Waals surface area contributed by atoms with Crippen LogP contribution in [-0.2, 0) is 16.1 Å². The van der Waals surface area contributed by atoms with Crippen LogP contribution in [0.5, 0.6) is 5.75 Å². The van der Waals surface area contributed by atoms with Crippen LogP contribution >= 0.6 is 15.9 Å². The molecule has 0 unspecified atom stereocenters. The SMILES string of the molecule is CCCN1CC(=O)N(Cc2cc(OC)ccc2Br)CC1=O. The van der Waals surface area contributed by atoms with E-state index in [1.165, 1.54) is 0 Å². The minimum absolute atomic E-state index is 0.00969. The zero-order valence-corrected chi connectivity index (χ0v) is 13.9. The first-order chi connectivity index (χ1) is 10.0. The first kappa shape index (κ1) is 15.8. The van der Waals surface area contributed by atoms with Crippen LogP contribution in [0.3, 0.4) is 0 Å². The summed E-state index contributed by atoms with van der Waals surface area (Å²) < 4.78 is 6.10. The van der Waals surface area contributed by atoms with Gasteiger partial charge in [-0.3, -0.25) is 9.59 Å². The highest BCUT2D eigenvalue weighted by molar-refractivity contribution is 9.10. The van der Waals surface area contributed by atoms with Gasteiger partial charge >= 0.3 is 0 Å². The minimum Gasteiger partial charge on any atom is -0.497 e. The van der Waals surface area contributed by atoms with Crippen molar-refractivity contribution >= 4 is 27.7 Å². The number of piperazine rings is 1. The molecule has 0 saturated carbocycles. The predicted molar refractivity (Wildman–Crippen MR) is 83.0 cm³/mol. The Hall–Kier alpha value is -1.56. The molecule has 114 valence electrons. The van der Waals surface area contributed by atoms with E-state index in [0.717, 1.165) is 22.2 Å². The van der Waals surface area contributed by atoms with Gasteiger partial charge in [-0.1, -0.05) is 22.9 Å². The van der Waals surface area contributed by atoms with E-state index in [0.29, 0.717) is 13.1 Å². The van der Waals surface area contributed by atoms with Crippen molar-refractivity contribution in [1.82, 2.24) is 9.80 Å². The summed E-state index contributed by atoms with van der Waals surface area (Å²) in [4.78, 5) is 27.4. The quantitative estimate of drug-likeness (QED) is 0.812. The summed E-state index contributed by atoms with van der Waals surface area (Å²) in [6.45, 7) is 3.36. The average Bonchev–Trinajstić information content (AvgIpc) is 2.46. The second-order valence-corrected chi connectivity index (χ2v) is 5.88. The van der Waals surface area contributed by atoms with Crippen LogP contribution in [0.2, 0.25) is 0 Å². The fraction of sp³-hybridized carbons (Fsp3) is 0.467. The maximum Gasteiger partial charge on any atom is 0.242 e. The lowest BCUT2D eigenvalue weighted by molar-refractivity contribution is -0.150. The van der Waals surface area contributed by atoms with Crippen LogP contribution in [0.1, 0.15) is 18.9 Å². The Morgan fingerprint density at radius 2 is 1.86 bits per heavy atom. The summed E-state index contributed by atoms with van der Waals surface area (Å²) in [5, 5.41) is 0. The van der Waals surface area contributed by atoms with E-state index in [1.807, 2.05) is 25.1 Å². The van der Waals surface area contributed by atoms with Crippen LogP contribution in [0, 0.1) is 0 Å². The number of carbonyl (C=O) groups is 2. The monoisotopic (exact) mass is 354 g/mol. The summed E-state index contributed by atoms with van der Waals surface area (Å²) >= 11 is 3.47. The van der Waals surface area contributed by atoms with Crippen molar-refractivity contribution < 1.29 is 14.3 Å². The van der Waals surface area contributed by atoms with Gasteiger partial charge in [0, 0.05) is 17.6 Å². The number of nitrogens with zero attached hydrogens (tertiary/aromatic N) is 2. The molecule has 0 atom stereocenters. The molecule has 1 aromatic rings. The fourth-order valence-corrected chi connectivity index (χ4v) is 2.70. The fourth-order valence-electron chi connectivity index (χ4n) is 2.33. The van der Waals surface area contributed by atoms with Crippen LogP contribution < -0.4 is 4.74 Å². The molecule has 0 radical (unpaired) electrons. The van der Waals surface area contributed by atoms with Gasteiger partial charge in [0.2, 0.25) is 11.8 Å². The lowest BCUT2D eigenvalue weighted by Crippen LogP contribution is -2.53. The Morgan fingerprint density at radius 3 is 2.52 bits per heavy atom.